The van der Waals surface area contributed by atoms with Crippen molar-refractivity contribution in [2.75, 3.05) is 11.1 Å². The van der Waals surface area contributed by atoms with E-state index in [0.29, 0.717) is 10.8 Å². The third kappa shape index (κ3) is 3.30. The molecule has 0 saturated carbocycles. The summed E-state index contributed by atoms with van der Waals surface area (Å²) in [6.45, 7) is 1.98. The lowest BCUT2D eigenvalue weighted by molar-refractivity contribution is -0.115. The van der Waals surface area contributed by atoms with Crippen LogP contribution in [0.15, 0.2) is 28.1 Å². The molecule has 0 aliphatic heterocycles. The molecule has 0 aliphatic carbocycles. The first-order chi connectivity index (χ1) is 8.54. The lowest BCUT2D eigenvalue weighted by Crippen LogP contribution is -2.15. The number of nitrogen functional groups attached to an aromatic ring is 1. The second kappa shape index (κ2) is 5.49. The number of anilines is 2. The third-order valence-electron chi connectivity index (χ3n) is 2.31. The van der Waals surface area contributed by atoms with E-state index < -0.39 is 0 Å². The van der Waals surface area contributed by atoms with Crippen LogP contribution in [0, 0.1) is 6.92 Å². The highest BCUT2D eigenvalue weighted by atomic mass is 79.9. The van der Waals surface area contributed by atoms with Gasteiger partial charge in [-0.15, -0.1) is 11.3 Å². The number of aryl methyl sites for hydroxylation is 1. The van der Waals surface area contributed by atoms with Crippen molar-refractivity contribution in [2.45, 2.75) is 13.3 Å². The number of carbonyl (C=O) groups excluding carboxylic acids is 1. The average Bonchev–Trinajstić information content (AvgIpc) is 2.69. The van der Waals surface area contributed by atoms with Gasteiger partial charge in [0.25, 0.3) is 0 Å². The Morgan fingerprint density at radius 2 is 2.33 bits per heavy atom. The molecule has 18 heavy (non-hydrogen) atoms. The van der Waals surface area contributed by atoms with Crippen LogP contribution in [0.5, 0.6) is 0 Å². The van der Waals surface area contributed by atoms with Crippen molar-refractivity contribution in [1.82, 2.24) is 4.98 Å². The molecule has 0 atom stereocenters. The molecule has 1 heterocycles. The van der Waals surface area contributed by atoms with Crippen LogP contribution < -0.4 is 11.1 Å². The number of hydrogen-bond acceptors (Lipinski definition) is 4. The first kappa shape index (κ1) is 13.0. The van der Waals surface area contributed by atoms with E-state index in [2.05, 4.69) is 26.2 Å². The molecular weight excluding hydrogens is 314 g/mol. The Balaban J connectivity index is 2.05. The van der Waals surface area contributed by atoms with E-state index in [1.54, 1.807) is 5.38 Å². The number of amides is 1. The number of nitrogens with one attached hydrogen (secondary N) is 1. The summed E-state index contributed by atoms with van der Waals surface area (Å²) in [4.78, 5) is 15.9. The maximum absolute atomic E-state index is 11.8. The summed E-state index contributed by atoms with van der Waals surface area (Å²) in [5.41, 5.74) is 8.07. The van der Waals surface area contributed by atoms with Gasteiger partial charge >= 0.3 is 0 Å². The molecule has 94 valence electrons. The number of hydrogen-bond donors (Lipinski definition) is 2. The second-order valence-corrected chi connectivity index (χ2v) is 5.63. The molecule has 3 N–H and O–H groups in total. The smallest absolute Gasteiger partial charge is 0.230 e. The summed E-state index contributed by atoms with van der Waals surface area (Å²) in [6, 6.07) is 5.80. The predicted molar refractivity (Wildman–Crippen MR) is 77.7 cm³/mol. The van der Waals surface area contributed by atoms with Crippen LogP contribution in [0.25, 0.3) is 0 Å². The van der Waals surface area contributed by atoms with Crippen LogP contribution in [0.4, 0.5) is 10.8 Å². The summed E-state index contributed by atoms with van der Waals surface area (Å²) in [6.07, 6.45) is 0.230. The topological polar surface area (TPSA) is 68.0 Å². The Bertz CT molecular complexity index is 582. The molecule has 2 aromatic rings. The van der Waals surface area contributed by atoms with E-state index in [0.717, 1.165) is 15.7 Å². The van der Waals surface area contributed by atoms with Crippen LogP contribution in [0.2, 0.25) is 0 Å². The largest absolute Gasteiger partial charge is 0.375 e. The van der Waals surface area contributed by atoms with Crippen molar-refractivity contribution in [3.8, 4) is 0 Å². The van der Waals surface area contributed by atoms with Gasteiger partial charge in [0.05, 0.1) is 17.8 Å². The number of aromatic nitrogens is 1. The summed E-state index contributed by atoms with van der Waals surface area (Å²) in [5, 5.41) is 5.12. The maximum atomic E-state index is 11.8. The normalized spacial score (nSPS) is 10.3. The van der Waals surface area contributed by atoms with Gasteiger partial charge in [0.15, 0.2) is 5.13 Å². The highest BCUT2D eigenvalue weighted by Crippen LogP contribution is 2.23. The highest BCUT2D eigenvalue weighted by Gasteiger charge is 2.09. The molecule has 6 heteroatoms. The van der Waals surface area contributed by atoms with Crippen molar-refractivity contribution in [1.29, 1.82) is 0 Å². The number of halogens is 1. The van der Waals surface area contributed by atoms with E-state index >= 15 is 0 Å². The number of benzene rings is 1. The number of rotatable bonds is 3. The maximum Gasteiger partial charge on any atom is 0.230 e. The number of nitrogens with zero attached hydrogens (tertiary/aromatic N) is 1. The first-order valence-electron chi connectivity index (χ1n) is 5.30. The van der Waals surface area contributed by atoms with Crippen molar-refractivity contribution < 1.29 is 4.79 Å². The molecule has 0 saturated heterocycles. The van der Waals surface area contributed by atoms with Crippen molar-refractivity contribution in [3.05, 3.63) is 39.3 Å². The van der Waals surface area contributed by atoms with Gasteiger partial charge in [0.1, 0.15) is 0 Å². The molecule has 1 amide bonds. The fourth-order valence-corrected chi connectivity index (χ4v) is 2.41. The Morgan fingerprint density at radius 1 is 1.56 bits per heavy atom. The standard InChI is InChI=1S/C12H12BrN3OS/c1-7-2-3-9(13)10(4-7)16-11(17)5-8-6-18-12(14)15-8/h2-4,6H,5H2,1H3,(H2,14,15)(H,16,17). The van der Waals surface area contributed by atoms with Crippen LogP contribution in [-0.2, 0) is 11.2 Å². The zero-order valence-electron chi connectivity index (χ0n) is 9.74. The van der Waals surface area contributed by atoms with Crippen LogP contribution in [0.3, 0.4) is 0 Å². The number of nitrogens with two attached hydrogens (primary N) is 1. The quantitative estimate of drug-likeness (QED) is 0.911. The van der Waals surface area contributed by atoms with Gasteiger partial charge in [-0.1, -0.05) is 6.07 Å². The Labute approximate surface area is 117 Å². The minimum atomic E-state index is -0.105. The zero-order chi connectivity index (χ0) is 13.1. The summed E-state index contributed by atoms with van der Waals surface area (Å²) >= 11 is 4.74. The molecule has 0 bridgehead atoms. The van der Waals surface area contributed by atoms with Gasteiger partial charge in [0.2, 0.25) is 5.91 Å². The lowest BCUT2D eigenvalue weighted by atomic mass is 10.2. The van der Waals surface area contributed by atoms with E-state index in [4.69, 9.17) is 5.73 Å². The van der Waals surface area contributed by atoms with Crippen LogP contribution >= 0.6 is 27.3 Å². The zero-order valence-corrected chi connectivity index (χ0v) is 12.1. The third-order valence-corrected chi connectivity index (χ3v) is 3.72. The molecule has 1 aromatic carbocycles. The van der Waals surface area contributed by atoms with Gasteiger partial charge in [-0.05, 0) is 40.5 Å². The second-order valence-electron chi connectivity index (χ2n) is 3.89. The highest BCUT2D eigenvalue weighted by molar-refractivity contribution is 9.10. The molecule has 0 unspecified atom stereocenters. The molecule has 2 rings (SSSR count). The number of thiazole rings is 1. The lowest BCUT2D eigenvalue weighted by Gasteiger charge is -2.07. The first-order valence-corrected chi connectivity index (χ1v) is 6.98. The summed E-state index contributed by atoms with van der Waals surface area (Å²) in [7, 11) is 0. The molecule has 0 aliphatic rings. The monoisotopic (exact) mass is 325 g/mol. The van der Waals surface area contributed by atoms with Gasteiger partial charge < -0.3 is 11.1 Å². The van der Waals surface area contributed by atoms with Crippen LogP contribution in [-0.4, -0.2) is 10.9 Å². The molecule has 4 nitrogen and oxygen atoms in total. The molecule has 0 radical (unpaired) electrons. The van der Waals surface area contributed by atoms with Gasteiger partial charge in [0, 0.05) is 9.85 Å². The van der Waals surface area contributed by atoms with Gasteiger partial charge in [-0.3, -0.25) is 4.79 Å². The fourth-order valence-electron chi connectivity index (χ4n) is 1.50. The van der Waals surface area contributed by atoms with Crippen molar-refractivity contribution >= 4 is 44.0 Å². The van der Waals surface area contributed by atoms with E-state index in [-0.39, 0.29) is 12.3 Å². The molecule has 0 fully saturated rings. The van der Waals surface area contributed by atoms with Crippen LogP contribution in [0.1, 0.15) is 11.3 Å². The molecular formula is C12H12BrN3OS. The van der Waals surface area contributed by atoms with E-state index in [1.807, 2.05) is 25.1 Å². The van der Waals surface area contributed by atoms with Crippen molar-refractivity contribution in [3.63, 3.8) is 0 Å². The average molecular weight is 326 g/mol. The number of carbonyl (C=O) groups is 1. The Kier molecular flexibility index (Phi) is 3.98. The molecule has 1 aromatic heterocycles. The summed E-state index contributed by atoms with van der Waals surface area (Å²) < 4.78 is 0.860. The molecule has 0 spiro atoms. The van der Waals surface area contributed by atoms with E-state index in [1.165, 1.54) is 11.3 Å². The fraction of sp³-hybridized carbons (Fsp3) is 0.167. The minimum absolute atomic E-state index is 0.105. The van der Waals surface area contributed by atoms with E-state index in [9.17, 15) is 4.79 Å². The van der Waals surface area contributed by atoms with Crippen molar-refractivity contribution in [2.24, 2.45) is 0 Å². The van der Waals surface area contributed by atoms with Gasteiger partial charge in [-0.25, -0.2) is 4.98 Å². The minimum Gasteiger partial charge on any atom is -0.375 e. The Hall–Kier alpha value is -1.40. The Morgan fingerprint density at radius 3 is 3.00 bits per heavy atom. The SMILES string of the molecule is Cc1ccc(Br)c(NC(=O)Cc2csc(N)n2)c1. The summed E-state index contributed by atoms with van der Waals surface area (Å²) in [5.74, 6) is -0.105. The predicted octanol–water partition coefficient (Wildman–Crippen LogP) is 2.98. The van der Waals surface area contributed by atoms with Gasteiger partial charge in [-0.2, -0.15) is 0 Å².